The minimum atomic E-state index is -3.80. The number of hydrogen-bond donors (Lipinski definition) is 2. The first kappa shape index (κ1) is 21.4. The van der Waals surface area contributed by atoms with Crippen LogP contribution in [0.4, 0.5) is 21.5 Å². The normalized spacial score (nSPS) is 12.1. The minimum absolute atomic E-state index is 0.201. The van der Waals surface area contributed by atoms with Crippen molar-refractivity contribution in [2.45, 2.75) is 26.3 Å². The molecular formula is C19H22FN3O4S. The van der Waals surface area contributed by atoms with Crippen LogP contribution < -0.4 is 14.9 Å². The number of anilines is 3. The van der Waals surface area contributed by atoms with E-state index in [1.54, 1.807) is 31.2 Å². The molecule has 0 saturated carbocycles. The number of hydrogen-bond acceptors (Lipinski definition) is 4. The van der Waals surface area contributed by atoms with E-state index in [-0.39, 0.29) is 18.0 Å². The molecule has 0 radical (unpaired) electrons. The summed E-state index contributed by atoms with van der Waals surface area (Å²) in [4.78, 5) is 23.8. The van der Waals surface area contributed by atoms with E-state index in [9.17, 15) is 22.4 Å². The third-order valence-corrected chi connectivity index (χ3v) is 5.06. The van der Waals surface area contributed by atoms with Gasteiger partial charge in [-0.05, 0) is 55.0 Å². The number of sulfonamides is 1. The van der Waals surface area contributed by atoms with Crippen molar-refractivity contribution >= 4 is 38.9 Å². The third kappa shape index (κ3) is 5.53. The Hall–Kier alpha value is -2.94. The average molecular weight is 407 g/mol. The molecule has 1 unspecified atom stereocenters. The van der Waals surface area contributed by atoms with Crippen molar-refractivity contribution in [1.82, 2.24) is 0 Å². The minimum Gasteiger partial charge on any atom is -0.326 e. The fourth-order valence-corrected chi connectivity index (χ4v) is 3.93. The molecule has 0 heterocycles. The first-order valence-corrected chi connectivity index (χ1v) is 10.4. The van der Waals surface area contributed by atoms with Crippen LogP contribution in [-0.4, -0.2) is 32.5 Å². The highest BCUT2D eigenvalue weighted by Gasteiger charge is 2.31. The first-order chi connectivity index (χ1) is 13.1. The summed E-state index contributed by atoms with van der Waals surface area (Å²) in [5.74, 6) is -1.25. The molecule has 0 aliphatic carbocycles. The predicted octanol–water partition coefficient (Wildman–Crippen LogP) is 2.97. The van der Waals surface area contributed by atoms with Crippen molar-refractivity contribution in [1.29, 1.82) is 0 Å². The van der Waals surface area contributed by atoms with Gasteiger partial charge in [0, 0.05) is 18.3 Å². The zero-order chi connectivity index (χ0) is 20.9. The van der Waals surface area contributed by atoms with E-state index in [4.69, 9.17) is 0 Å². The lowest BCUT2D eigenvalue weighted by atomic mass is 10.1. The molecule has 9 heteroatoms. The third-order valence-electron chi connectivity index (χ3n) is 3.88. The Labute approximate surface area is 163 Å². The summed E-state index contributed by atoms with van der Waals surface area (Å²) in [6.45, 7) is 3.07. The van der Waals surface area contributed by atoms with Crippen LogP contribution in [0.15, 0.2) is 48.5 Å². The van der Waals surface area contributed by atoms with Crippen LogP contribution in [0.2, 0.25) is 0 Å². The fourth-order valence-electron chi connectivity index (χ4n) is 2.71. The number of benzene rings is 2. The Morgan fingerprint density at radius 3 is 1.93 bits per heavy atom. The fraction of sp³-hybridized carbons (Fsp3) is 0.263. The molecule has 1 atom stereocenters. The number of nitrogens with zero attached hydrogens (tertiary/aromatic N) is 1. The van der Waals surface area contributed by atoms with Gasteiger partial charge in [0.15, 0.2) is 0 Å². The molecule has 0 aliphatic heterocycles. The standard InChI is InChI=1S/C19H22FN3O4S/c1-4-18(23(28(3,26)27)17-11-5-14(20)6-12-17)19(25)22-16-9-7-15(8-10-16)21-13(2)24/h5-12,18H,4H2,1-3H3,(H,21,24)(H,22,25). The molecule has 2 aromatic rings. The van der Waals surface area contributed by atoms with Gasteiger partial charge in [0.25, 0.3) is 0 Å². The smallest absolute Gasteiger partial charge is 0.248 e. The molecule has 0 saturated heterocycles. The van der Waals surface area contributed by atoms with Gasteiger partial charge in [-0.15, -0.1) is 0 Å². The van der Waals surface area contributed by atoms with Crippen molar-refractivity contribution in [2.24, 2.45) is 0 Å². The number of carbonyl (C=O) groups excluding carboxylic acids is 2. The van der Waals surface area contributed by atoms with Crippen LogP contribution in [0.5, 0.6) is 0 Å². The second-order valence-corrected chi connectivity index (χ2v) is 8.07. The maximum atomic E-state index is 13.2. The number of halogens is 1. The van der Waals surface area contributed by atoms with E-state index in [1.165, 1.54) is 19.1 Å². The Kier molecular flexibility index (Phi) is 6.74. The zero-order valence-electron chi connectivity index (χ0n) is 15.8. The molecule has 0 aliphatic rings. The Morgan fingerprint density at radius 1 is 1.00 bits per heavy atom. The van der Waals surface area contributed by atoms with Crippen LogP contribution in [0.3, 0.4) is 0 Å². The molecule has 7 nitrogen and oxygen atoms in total. The molecule has 0 fully saturated rings. The van der Waals surface area contributed by atoms with Gasteiger partial charge in [-0.1, -0.05) is 6.92 Å². The van der Waals surface area contributed by atoms with Crippen molar-refractivity contribution in [2.75, 3.05) is 21.2 Å². The molecule has 2 amide bonds. The van der Waals surface area contributed by atoms with Crippen molar-refractivity contribution in [3.05, 3.63) is 54.3 Å². The summed E-state index contributed by atoms with van der Waals surface area (Å²) in [5.41, 5.74) is 1.22. The van der Waals surface area contributed by atoms with Crippen molar-refractivity contribution < 1.29 is 22.4 Å². The van der Waals surface area contributed by atoms with Crippen molar-refractivity contribution in [3.8, 4) is 0 Å². The van der Waals surface area contributed by atoms with Crippen molar-refractivity contribution in [3.63, 3.8) is 0 Å². The van der Waals surface area contributed by atoms with E-state index in [0.717, 1.165) is 22.7 Å². The SMILES string of the molecule is CCC(C(=O)Nc1ccc(NC(C)=O)cc1)N(c1ccc(F)cc1)S(C)(=O)=O. The molecule has 2 aromatic carbocycles. The topological polar surface area (TPSA) is 95.6 Å². The van der Waals surface area contributed by atoms with Gasteiger partial charge in [-0.25, -0.2) is 12.8 Å². The number of rotatable bonds is 7. The maximum absolute atomic E-state index is 13.2. The summed E-state index contributed by atoms with van der Waals surface area (Å²) >= 11 is 0. The quantitative estimate of drug-likeness (QED) is 0.738. The second-order valence-electron chi connectivity index (χ2n) is 6.21. The highest BCUT2D eigenvalue weighted by molar-refractivity contribution is 7.92. The van der Waals surface area contributed by atoms with E-state index in [2.05, 4.69) is 10.6 Å². The van der Waals surface area contributed by atoms with E-state index < -0.39 is 27.8 Å². The number of nitrogens with one attached hydrogen (secondary N) is 2. The monoisotopic (exact) mass is 407 g/mol. The van der Waals surface area contributed by atoms with Gasteiger partial charge >= 0.3 is 0 Å². The van der Waals surface area contributed by atoms with E-state index in [0.29, 0.717) is 11.4 Å². The molecular weight excluding hydrogens is 385 g/mol. The van der Waals surface area contributed by atoms with E-state index in [1.807, 2.05) is 0 Å². The summed E-state index contributed by atoms with van der Waals surface area (Å²) in [6, 6.07) is 10.3. The van der Waals surface area contributed by atoms with Gasteiger partial charge in [-0.2, -0.15) is 0 Å². The summed E-state index contributed by atoms with van der Waals surface area (Å²) in [7, 11) is -3.80. The first-order valence-electron chi connectivity index (χ1n) is 8.55. The van der Waals surface area contributed by atoms with Crippen LogP contribution in [0.25, 0.3) is 0 Å². The molecule has 28 heavy (non-hydrogen) atoms. The summed E-state index contributed by atoms with van der Waals surface area (Å²) < 4.78 is 38.9. The van der Waals surface area contributed by atoms with Gasteiger partial charge in [0.05, 0.1) is 11.9 Å². The zero-order valence-corrected chi connectivity index (χ0v) is 16.6. The Balaban J connectivity index is 2.26. The van der Waals surface area contributed by atoms with Crippen LogP contribution in [-0.2, 0) is 19.6 Å². The molecule has 0 bridgehead atoms. The molecule has 2 N–H and O–H groups in total. The Bertz CT molecular complexity index is 944. The highest BCUT2D eigenvalue weighted by atomic mass is 32.2. The lowest BCUT2D eigenvalue weighted by Crippen LogP contribution is -2.47. The largest absolute Gasteiger partial charge is 0.326 e. The lowest BCUT2D eigenvalue weighted by Gasteiger charge is -2.30. The summed E-state index contributed by atoms with van der Waals surface area (Å²) in [5, 5.41) is 5.29. The average Bonchev–Trinajstić information content (AvgIpc) is 2.60. The number of amides is 2. The number of carbonyl (C=O) groups is 2. The molecule has 0 aromatic heterocycles. The highest BCUT2D eigenvalue weighted by Crippen LogP contribution is 2.24. The van der Waals surface area contributed by atoms with Crippen LogP contribution in [0.1, 0.15) is 20.3 Å². The van der Waals surface area contributed by atoms with Gasteiger partial charge in [0.1, 0.15) is 11.9 Å². The molecule has 150 valence electrons. The maximum Gasteiger partial charge on any atom is 0.248 e. The summed E-state index contributed by atoms with van der Waals surface area (Å²) in [6.07, 6.45) is 1.20. The van der Waals surface area contributed by atoms with Crippen LogP contribution >= 0.6 is 0 Å². The van der Waals surface area contributed by atoms with Gasteiger partial charge in [-0.3, -0.25) is 13.9 Å². The second kappa shape index (κ2) is 8.83. The molecule has 0 spiro atoms. The lowest BCUT2D eigenvalue weighted by molar-refractivity contribution is -0.117. The van der Waals surface area contributed by atoms with Gasteiger partial charge in [0.2, 0.25) is 21.8 Å². The Morgan fingerprint density at radius 2 is 1.50 bits per heavy atom. The predicted molar refractivity (Wildman–Crippen MR) is 107 cm³/mol. The van der Waals surface area contributed by atoms with Crippen LogP contribution in [0, 0.1) is 5.82 Å². The van der Waals surface area contributed by atoms with E-state index >= 15 is 0 Å². The van der Waals surface area contributed by atoms with Gasteiger partial charge < -0.3 is 10.6 Å². The molecule has 2 rings (SSSR count).